The highest BCUT2D eigenvalue weighted by Gasteiger charge is 2.45. The molecule has 5 rings (SSSR count). The number of hydrogen-bond acceptors (Lipinski definition) is 5. The molecule has 0 spiro atoms. The number of hydrogen-bond donors (Lipinski definition) is 0. The summed E-state index contributed by atoms with van der Waals surface area (Å²) in [5, 5.41) is 12.7. The van der Waals surface area contributed by atoms with Gasteiger partial charge in [-0.2, -0.15) is 5.26 Å². The summed E-state index contributed by atoms with van der Waals surface area (Å²) >= 11 is 3.20. The van der Waals surface area contributed by atoms with Crippen molar-refractivity contribution in [2.24, 2.45) is 5.41 Å². The number of nitriles is 1. The van der Waals surface area contributed by atoms with Crippen molar-refractivity contribution in [1.29, 1.82) is 5.26 Å². The van der Waals surface area contributed by atoms with E-state index in [4.69, 9.17) is 0 Å². The second-order valence-electron chi connectivity index (χ2n) is 9.31. The summed E-state index contributed by atoms with van der Waals surface area (Å²) in [4.78, 5) is 30.9. The average Bonchev–Trinajstić information content (AvgIpc) is 3.33. The first-order valence-corrected chi connectivity index (χ1v) is 12.3. The number of aryl methyl sites for hydroxylation is 1. The molecule has 6 heteroatoms. The second kappa shape index (κ2) is 7.18. The summed E-state index contributed by atoms with van der Waals surface area (Å²) in [6, 6.07) is 6.41. The minimum atomic E-state index is -0.199. The lowest BCUT2D eigenvalue weighted by Gasteiger charge is -2.42. The number of nitrogens with zero attached hydrogens (tertiary/aromatic N) is 2. The molecule has 0 radical (unpaired) electrons. The fourth-order valence-electron chi connectivity index (χ4n) is 5.21. The Balaban J connectivity index is 1.71. The van der Waals surface area contributed by atoms with Crippen LogP contribution in [-0.2, 0) is 22.4 Å². The number of carbonyl (C=O) groups excluding carboxylic acids is 2. The molecule has 0 saturated carbocycles. The Kier molecular flexibility index (Phi) is 4.72. The predicted octanol–water partition coefficient (Wildman–Crippen LogP) is 5.72. The zero-order valence-corrected chi connectivity index (χ0v) is 18.9. The molecule has 4 nitrogen and oxygen atoms in total. The molecular weight excluding hydrogens is 412 g/mol. The Labute approximate surface area is 184 Å². The summed E-state index contributed by atoms with van der Waals surface area (Å²) in [5.41, 5.74) is 3.21. The van der Waals surface area contributed by atoms with Crippen molar-refractivity contribution in [1.82, 2.24) is 0 Å². The van der Waals surface area contributed by atoms with E-state index in [0.717, 1.165) is 52.4 Å². The lowest BCUT2D eigenvalue weighted by Crippen LogP contribution is -2.43. The summed E-state index contributed by atoms with van der Waals surface area (Å²) in [6.07, 6.45) is 5.57. The Morgan fingerprint density at radius 3 is 2.73 bits per heavy atom. The van der Waals surface area contributed by atoms with E-state index in [1.807, 2.05) is 17.5 Å². The van der Waals surface area contributed by atoms with Crippen LogP contribution in [0.1, 0.15) is 72.8 Å². The van der Waals surface area contributed by atoms with E-state index in [0.29, 0.717) is 24.8 Å². The molecule has 0 saturated heterocycles. The van der Waals surface area contributed by atoms with Crippen LogP contribution in [0.5, 0.6) is 0 Å². The van der Waals surface area contributed by atoms with Crippen LogP contribution in [0.4, 0.5) is 5.00 Å². The number of amides is 1. The molecular formula is C24H24N2O2S2. The maximum Gasteiger partial charge on any atom is 0.232 e. The zero-order chi connectivity index (χ0) is 21.0. The number of ketones is 1. The lowest BCUT2D eigenvalue weighted by atomic mass is 9.70. The normalized spacial score (nSPS) is 23.2. The minimum Gasteiger partial charge on any atom is -0.294 e. The fourth-order valence-corrected chi connectivity index (χ4v) is 7.43. The van der Waals surface area contributed by atoms with Crippen LogP contribution >= 0.6 is 22.7 Å². The predicted molar refractivity (Wildman–Crippen MR) is 120 cm³/mol. The van der Waals surface area contributed by atoms with Crippen LogP contribution in [-0.4, -0.2) is 11.7 Å². The van der Waals surface area contributed by atoms with Gasteiger partial charge in [0.2, 0.25) is 5.91 Å². The maximum absolute atomic E-state index is 13.5. The molecule has 0 bridgehead atoms. The molecule has 1 atom stereocenters. The molecule has 3 aliphatic rings. The van der Waals surface area contributed by atoms with Gasteiger partial charge in [-0.3, -0.25) is 14.5 Å². The quantitative estimate of drug-likeness (QED) is 0.604. The first-order chi connectivity index (χ1) is 14.4. The minimum absolute atomic E-state index is 0.00717. The van der Waals surface area contributed by atoms with Gasteiger partial charge in [-0.15, -0.1) is 22.7 Å². The van der Waals surface area contributed by atoms with Gasteiger partial charge in [-0.1, -0.05) is 19.9 Å². The summed E-state index contributed by atoms with van der Waals surface area (Å²) < 4.78 is 0. The van der Waals surface area contributed by atoms with Gasteiger partial charge in [0, 0.05) is 39.8 Å². The number of rotatable bonds is 2. The SMILES string of the molecule is CC1(C)CC(=O)C2=C(C1)N(c1sc3c(c1C#N)CCCC3)C(=O)C[C@@H]2c1cccs1. The van der Waals surface area contributed by atoms with Gasteiger partial charge in [-0.25, -0.2) is 0 Å². The van der Waals surface area contributed by atoms with Crippen LogP contribution < -0.4 is 4.90 Å². The fraction of sp³-hybridized carbons (Fsp3) is 0.458. The third kappa shape index (κ3) is 3.07. The number of fused-ring (bicyclic) bond motifs is 1. The molecule has 0 aromatic carbocycles. The highest BCUT2D eigenvalue weighted by atomic mass is 32.1. The molecule has 154 valence electrons. The van der Waals surface area contributed by atoms with E-state index in [2.05, 4.69) is 19.9 Å². The van der Waals surface area contributed by atoms with Gasteiger partial charge < -0.3 is 0 Å². The van der Waals surface area contributed by atoms with E-state index in [1.165, 1.54) is 4.88 Å². The number of allylic oxidation sites excluding steroid dienone is 2. The van der Waals surface area contributed by atoms with Crippen LogP contribution in [0.3, 0.4) is 0 Å². The average molecular weight is 437 g/mol. The largest absolute Gasteiger partial charge is 0.294 e. The van der Waals surface area contributed by atoms with Gasteiger partial charge in [0.1, 0.15) is 11.1 Å². The summed E-state index contributed by atoms with van der Waals surface area (Å²) in [6.45, 7) is 4.19. The monoisotopic (exact) mass is 436 g/mol. The number of carbonyl (C=O) groups is 2. The number of thiophene rings is 2. The standard InChI is InChI=1S/C24H24N2O2S2/c1-24(2)11-17-22(18(27)12-24)15(19-8-5-9-29-19)10-21(28)26(17)23-16(13-25)14-6-3-4-7-20(14)30-23/h5,8-9,15H,3-4,6-7,10-12H2,1-2H3/t15-/m1/s1. The molecule has 2 aliphatic carbocycles. The Hall–Kier alpha value is -2.23. The van der Waals surface area contributed by atoms with Gasteiger partial charge in [-0.05, 0) is 54.5 Å². The van der Waals surface area contributed by atoms with E-state index < -0.39 is 0 Å². The van der Waals surface area contributed by atoms with Crippen molar-refractivity contribution in [2.75, 3.05) is 4.90 Å². The summed E-state index contributed by atoms with van der Waals surface area (Å²) in [7, 11) is 0. The van der Waals surface area contributed by atoms with Crippen molar-refractivity contribution in [3.05, 3.63) is 49.7 Å². The van der Waals surface area contributed by atoms with Crippen LogP contribution in [0, 0.1) is 16.7 Å². The molecule has 1 amide bonds. The smallest absolute Gasteiger partial charge is 0.232 e. The third-order valence-electron chi connectivity index (χ3n) is 6.50. The van der Waals surface area contributed by atoms with Gasteiger partial charge in [0.15, 0.2) is 5.78 Å². The topological polar surface area (TPSA) is 61.2 Å². The third-order valence-corrected chi connectivity index (χ3v) is 8.76. The van der Waals surface area contributed by atoms with Crippen LogP contribution in [0.15, 0.2) is 28.8 Å². The van der Waals surface area contributed by atoms with Gasteiger partial charge in [0.05, 0.1) is 5.56 Å². The van der Waals surface area contributed by atoms with E-state index in [1.54, 1.807) is 27.6 Å². The Morgan fingerprint density at radius 2 is 2.00 bits per heavy atom. The van der Waals surface area contributed by atoms with Crippen molar-refractivity contribution in [3.8, 4) is 6.07 Å². The second-order valence-corrected chi connectivity index (χ2v) is 11.4. The molecule has 0 unspecified atom stereocenters. The van der Waals surface area contributed by atoms with Gasteiger partial charge >= 0.3 is 0 Å². The van der Waals surface area contributed by atoms with Crippen molar-refractivity contribution < 1.29 is 9.59 Å². The molecule has 30 heavy (non-hydrogen) atoms. The molecule has 0 N–H and O–H groups in total. The Morgan fingerprint density at radius 1 is 1.20 bits per heavy atom. The molecule has 3 heterocycles. The van der Waals surface area contributed by atoms with E-state index in [9.17, 15) is 14.9 Å². The van der Waals surface area contributed by atoms with E-state index >= 15 is 0 Å². The van der Waals surface area contributed by atoms with Crippen molar-refractivity contribution >= 4 is 39.4 Å². The van der Waals surface area contributed by atoms with Crippen LogP contribution in [0.2, 0.25) is 0 Å². The highest BCUT2D eigenvalue weighted by molar-refractivity contribution is 7.16. The molecule has 2 aromatic heterocycles. The van der Waals surface area contributed by atoms with Gasteiger partial charge in [0.25, 0.3) is 0 Å². The maximum atomic E-state index is 13.5. The molecule has 0 fully saturated rings. The number of Topliss-reactive ketones (excluding diaryl/α,β-unsaturated/α-hetero) is 1. The van der Waals surface area contributed by atoms with Crippen molar-refractivity contribution in [2.45, 2.75) is 64.7 Å². The Bertz CT molecular complexity index is 1120. The highest BCUT2D eigenvalue weighted by Crippen LogP contribution is 2.51. The summed E-state index contributed by atoms with van der Waals surface area (Å²) in [5.74, 6) is -0.00260. The lowest BCUT2D eigenvalue weighted by molar-refractivity contribution is -0.120. The first kappa shape index (κ1) is 19.7. The molecule has 2 aromatic rings. The number of anilines is 1. The van der Waals surface area contributed by atoms with Crippen LogP contribution in [0.25, 0.3) is 0 Å². The van der Waals surface area contributed by atoms with Crippen molar-refractivity contribution in [3.63, 3.8) is 0 Å². The first-order valence-electron chi connectivity index (χ1n) is 10.6. The zero-order valence-electron chi connectivity index (χ0n) is 17.3. The van der Waals surface area contributed by atoms with E-state index in [-0.39, 0.29) is 23.0 Å². The molecule has 1 aliphatic heterocycles.